The first-order chi connectivity index (χ1) is 9.85. The van der Waals surface area contributed by atoms with Crippen LogP contribution in [0.25, 0.3) is 0 Å². The van der Waals surface area contributed by atoms with Crippen LogP contribution in [-0.2, 0) is 9.47 Å². The summed E-state index contributed by atoms with van der Waals surface area (Å²) in [6.07, 6.45) is 1.19. The molecule has 2 rings (SSSR count). The second kappa shape index (κ2) is 6.78. The second-order valence-electron chi connectivity index (χ2n) is 5.75. The first-order valence-corrected chi connectivity index (χ1v) is 7.91. The molecule has 1 aliphatic rings. The fraction of sp³-hybridized carbons (Fsp3) is 0.571. The van der Waals surface area contributed by atoms with Gasteiger partial charge in [0.25, 0.3) is 0 Å². The predicted molar refractivity (Wildman–Crippen MR) is 89.8 cm³/mol. The molecule has 0 bridgehead atoms. The number of aromatic nitrogens is 1. The van der Waals surface area contributed by atoms with Crippen molar-refractivity contribution in [1.82, 2.24) is 4.98 Å². The maximum absolute atomic E-state index is 11.8. The predicted octanol–water partition coefficient (Wildman–Crippen LogP) is 2.87. The molecule has 1 aromatic heterocycles. The standard InChI is InChI=1S/C14H20IN3O3/c1-14(2,3)21-13(19)17-11-9-16-12(8-10(11)15)18-4-6-20-7-5-18/h8-9H,4-7H2,1-3H3,(H,17,19). The summed E-state index contributed by atoms with van der Waals surface area (Å²) in [5, 5.41) is 2.72. The number of halogens is 1. The number of nitrogens with one attached hydrogen (secondary N) is 1. The highest BCUT2D eigenvalue weighted by Crippen LogP contribution is 2.23. The Morgan fingerprint density at radius 2 is 2.10 bits per heavy atom. The molecular formula is C14H20IN3O3. The number of anilines is 2. The van der Waals surface area contributed by atoms with Gasteiger partial charge in [-0.25, -0.2) is 9.78 Å². The molecule has 0 unspecified atom stereocenters. The van der Waals surface area contributed by atoms with Crippen molar-refractivity contribution in [3.05, 3.63) is 15.8 Å². The summed E-state index contributed by atoms with van der Waals surface area (Å²) in [4.78, 5) is 18.4. The van der Waals surface area contributed by atoms with Crippen LogP contribution in [0.3, 0.4) is 0 Å². The van der Waals surface area contributed by atoms with Crippen molar-refractivity contribution >= 4 is 40.2 Å². The third-order valence-corrected chi connectivity index (χ3v) is 3.70. The number of pyridine rings is 1. The second-order valence-corrected chi connectivity index (χ2v) is 6.91. The minimum Gasteiger partial charge on any atom is -0.444 e. The molecule has 0 atom stereocenters. The number of hydrogen-bond acceptors (Lipinski definition) is 5. The van der Waals surface area contributed by atoms with Crippen molar-refractivity contribution in [3.63, 3.8) is 0 Å². The largest absolute Gasteiger partial charge is 0.444 e. The van der Waals surface area contributed by atoms with Crippen LogP contribution in [0.2, 0.25) is 0 Å². The van der Waals surface area contributed by atoms with Gasteiger partial charge in [0.05, 0.1) is 25.1 Å². The number of amides is 1. The van der Waals surface area contributed by atoms with E-state index in [2.05, 4.69) is 37.8 Å². The monoisotopic (exact) mass is 405 g/mol. The Balaban J connectivity index is 2.03. The van der Waals surface area contributed by atoms with Crippen LogP contribution >= 0.6 is 22.6 Å². The van der Waals surface area contributed by atoms with Crippen molar-refractivity contribution in [3.8, 4) is 0 Å². The van der Waals surface area contributed by atoms with Crippen LogP contribution in [0.15, 0.2) is 12.3 Å². The quantitative estimate of drug-likeness (QED) is 0.767. The summed E-state index contributed by atoms with van der Waals surface area (Å²) in [7, 11) is 0. The van der Waals surface area contributed by atoms with Crippen LogP contribution in [-0.4, -0.2) is 43.0 Å². The molecule has 7 heteroatoms. The van der Waals surface area contributed by atoms with Gasteiger partial charge in [0.1, 0.15) is 11.4 Å². The zero-order valence-corrected chi connectivity index (χ0v) is 14.6. The summed E-state index contributed by atoms with van der Waals surface area (Å²) in [5.74, 6) is 0.900. The molecule has 2 heterocycles. The Morgan fingerprint density at radius 1 is 1.43 bits per heavy atom. The van der Waals surface area contributed by atoms with Crippen LogP contribution in [0.1, 0.15) is 20.8 Å². The average Bonchev–Trinajstić information content (AvgIpc) is 2.40. The van der Waals surface area contributed by atoms with Gasteiger partial charge in [0.2, 0.25) is 0 Å². The van der Waals surface area contributed by atoms with Gasteiger partial charge in [-0.3, -0.25) is 5.32 Å². The van der Waals surface area contributed by atoms with Gasteiger partial charge in [-0.15, -0.1) is 0 Å². The van der Waals surface area contributed by atoms with E-state index in [1.54, 1.807) is 6.20 Å². The number of hydrogen-bond donors (Lipinski definition) is 1. The van der Waals surface area contributed by atoms with Crippen LogP contribution in [0.4, 0.5) is 16.3 Å². The molecule has 0 aliphatic carbocycles. The van der Waals surface area contributed by atoms with Crippen LogP contribution in [0, 0.1) is 3.57 Å². The van der Waals surface area contributed by atoms with Crippen molar-refractivity contribution < 1.29 is 14.3 Å². The summed E-state index contributed by atoms with van der Waals surface area (Å²) >= 11 is 2.18. The van der Waals surface area contributed by atoms with Crippen LogP contribution < -0.4 is 10.2 Å². The van der Waals surface area contributed by atoms with E-state index in [1.807, 2.05) is 26.8 Å². The lowest BCUT2D eigenvalue weighted by molar-refractivity contribution is 0.0636. The summed E-state index contributed by atoms with van der Waals surface area (Å²) in [5.41, 5.74) is 0.137. The third-order valence-electron chi connectivity index (χ3n) is 2.81. The lowest BCUT2D eigenvalue weighted by Crippen LogP contribution is -2.36. The third kappa shape index (κ3) is 4.99. The SMILES string of the molecule is CC(C)(C)OC(=O)Nc1cnc(N2CCOCC2)cc1I. The molecule has 1 N–H and O–H groups in total. The minimum atomic E-state index is -0.517. The van der Waals surface area contributed by atoms with Crippen LogP contribution in [0.5, 0.6) is 0 Å². The number of rotatable bonds is 2. The highest BCUT2D eigenvalue weighted by molar-refractivity contribution is 14.1. The normalized spacial score (nSPS) is 15.7. The average molecular weight is 405 g/mol. The van der Waals surface area contributed by atoms with Gasteiger partial charge < -0.3 is 14.4 Å². The van der Waals surface area contributed by atoms with E-state index in [0.717, 1.165) is 35.7 Å². The smallest absolute Gasteiger partial charge is 0.412 e. The zero-order chi connectivity index (χ0) is 15.5. The molecule has 0 aromatic carbocycles. The van der Waals surface area contributed by atoms with Gasteiger partial charge in [-0.2, -0.15) is 0 Å². The van der Waals surface area contributed by atoms with E-state index in [9.17, 15) is 4.79 Å². The molecule has 0 spiro atoms. The Kier molecular flexibility index (Phi) is 5.26. The summed E-state index contributed by atoms with van der Waals surface area (Å²) in [6, 6.07) is 1.96. The lowest BCUT2D eigenvalue weighted by atomic mass is 10.2. The first kappa shape index (κ1) is 16.3. The van der Waals surface area contributed by atoms with Gasteiger partial charge in [0.15, 0.2) is 0 Å². The molecule has 1 aromatic rings. The molecule has 1 fully saturated rings. The number of carbonyl (C=O) groups excluding carboxylic acids is 1. The highest BCUT2D eigenvalue weighted by atomic mass is 127. The Morgan fingerprint density at radius 3 is 2.67 bits per heavy atom. The van der Waals surface area contributed by atoms with Crippen molar-refractivity contribution in [2.45, 2.75) is 26.4 Å². The molecular weight excluding hydrogens is 385 g/mol. The van der Waals surface area contributed by atoms with E-state index in [1.165, 1.54) is 0 Å². The minimum absolute atomic E-state index is 0.471. The zero-order valence-electron chi connectivity index (χ0n) is 12.5. The highest BCUT2D eigenvalue weighted by Gasteiger charge is 2.18. The maximum Gasteiger partial charge on any atom is 0.412 e. The Hall–Kier alpha value is -1.09. The fourth-order valence-corrected chi connectivity index (χ4v) is 2.44. The summed E-state index contributed by atoms with van der Waals surface area (Å²) in [6.45, 7) is 8.60. The molecule has 6 nitrogen and oxygen atoms in total. The molecule has 21 heavy (non-hydrogen) atoms. The van der Waals surface area contributed by atoms with E-state index >= 15 is 0 Å². The van der Waals surface area contributed by atoms with Gasteiger partial charge in [-0.05, 0) is 49.4 Å². The van der Waals surface area contributed by atoms with Crippen molar-refractivity contribution in [2.75, 3.05) is 36.5 Å². The molecule has 1 saturated heterocycles. The number of morpholine rings is 1. The lowest BCUT2D eigenvalue weighted by Gasteiger charge is -2.28. The number of ether oxygens (including phenoxy) is 2. The van der Waals surface area contributed by atoms with E-state index < -0.39 is 11.7 Å². The Bertz CT molecular complexity index is 511. The van der Waals surface area contributed by atoms with Crippen molar-refractivity contribution in [1.29, 1.82) is 0 Å². The van der Waals surface area contributed by atoms with E-state index in [-0.39, 0.29) is 0 Å². The maximum atomic E-state index is 11.8. The van der Waals surface area contributed by atoms with E-state index in [4.69, 9.17) is 9.47 Å². The molecule has 0 saturated carbocycles. The Labute approximate surface area is 138 Å². The van der Waals surface area contributed by atoms with Gasteiger partial charge in [0, 0.05) is 16.7 Å². The molecule has 1 amide bonds. The first-order valence-electron chi connectivity index (χ1n) is 6.83. The number of nitrogens with zero attached hydrogens (tertiary/aromatic N) is 2. The molecule has 0 radical (unpaired) electrons. The van der Waals surface area contributed by atoms with Crippen molar-refractivity contribution in [2.24, 2.45) is 0 Å². The molecule has 1 aliphatic heterocycles. The van der Waals surface area contributed by atoms with Gasteiger partial charge >= 0.3 is 6.09 Å². The fourth-order valence-electron chi connectivity index (χ4n) is 1.89. The molecule has 116 valence electrons. The summed E-state index contributed by atoms with van der Waals surface area (Å²) < 4.78 is 11.5. The van der Waals surface area contributed by atoms with Gasteiger partial charge in [-0.1, -0.05) is 0 Å². The van der Waals surface area contributed by atoms with E-state index in [0.29, 0.717) is 5.69 Å². The topological polar surface area (TPSA) is 63.7 Å². The number of carbonyl (C=O) groups is 1.